The maximum atomic E-state index is 12.3. The van der Waals surface area contributed by atoms with Crippen LogP contribution in [0.1, 0.15) is 36.0 Å². The fourth-order valence-electron chi connectivity index (χ4n) is 3.01. The first-order chi connectivity index (χ1) is 10.1. The lowest BCUT2D eigenvalue weighted by atomic mass is 9.85. The minimum atomic E-state index is -0.761. The lowest BCUT2D eigenvalue weighted by Gasteiger charge is -2.27. The molecular weight excluding hydrogens is 268 g/mol. The predicted molar refractivity (Wildman–Crippen MR) is 79.1 cm³/mol. The normalized spacial score (nSPS) is 22.1. The Kier molecular flexibility index (Phi) is 3.64. The number of aliphatic carboxylic acids is 1. The van der Waals surface area contributed by atoms with Gasteiger partial charge in [0.25, 0.3) is 5.91 Å². The number of amides is 1. The van der Waals surface area contributed by atoms with Crippen LogP contribution in [-0.2, 0) is 4.79 Å². The van der Waals surface area contributed by atoms with E-state index < -0.39 is 5.97 Å². The van der Waals surface area contributed by atoms with Crippen molar-refractivity contribution in [1.82, 2.24) is 10.3 Å². The zero-order valence-electron chi connectivity index (χ0n) is 11.6. The summed E-state index contributed by atoms with van der Waals surface area (Å²) in [4.78, 5) is 26.4. The van der Waals surface area contributed by atoms with E-state index in [1.165, 1.54) is 0 Å². The summed E-state index contributed by atoms with van der Waals surface area (Å²) in [5.41, 5.74) is 1.61. The van der Waals surface area contributed by atoms with Crippen molar-refractivity contribution in [3.8, 4) is 0 Å². The van der Waals surface area contributed by atoms with Crippen molar-refractivity contribution in [3.63, 3.8) is 0 Å². The van der Waals surface area contributed by atoms with Gasteiger partial charge in [0.15, 0.2) is 0 Å². The summed E-state index contributed by atoms with van der Waals surface area (Å²) < 4.78 is 0. The lowest BCUT2D eigenvalue weighted by molar-refractivity contribution is -0.143. The Labute approximate surface area is 122 Å². The van der Waals surface area contributed by atoms with Gasteiger partial charge in [0, 0.05) is 28.7 Å². The number of hydrogen-bond acceptors (Lipinski definition) is 2. The number of benzene rings is 1. The second-order valence-corrected chi connectivity index (χ2v) is 5.65. The molecule has 3 rings (SSSR count). The number of carboxylic acid groups (broad SMARTS) is 1. The van der Waals surface area contributed by atoms with Crippen LogP contribution in [0.15, 0.2) is 30.5 Å². The molecule has 0 bridgehead atoms. The highest BCUT2D eigenvalue weighted by Gasteiger charge is 2.27. The van der Waals surface area contributed by atoms with Crippen molar-refractivity contribution >= 4 is 22.8 Å². The molecule has 2 aromatic rings. The van der Waals surface area contributed by atoms with Crippen LogP contribution in [0, 0.1) is 5.92 Å². The number of H-pyrrole nitrogens is 1. The van der Waals surface area contributed by atoms with E-state index in [0.29, 0.717) is 18.4 Å². The van der Waals surface area contributed by atoms with Crippen molar-refractivity contribution < 1.29 is 14.7 Å². The summed E-state index contributed by atoms with van der Waals surface area (Å²) in [6.07, 6.45) is 4.76. The summed E-state index contributed by atoms with van der Waals surface area (Å²) >= 11 is 0. The van der Waals surface area contributed by atoms with Crippen molar-refractivity contribution in [2.24, 2.45) is 5.92 Å². The van der Waals surface area contributed by atoms with Gasteiger partial charge in [-0.1, -0.05) is 6.42 Å². The molecular formula is C16H18N2O3. The Balaban J connectivity index is 1.69. The van der Waals surface area contributed by atoms with Gasteiger partial charge in [0.2, 0.25) is 0 Å². The predicted octanol–water partition coefficient (Wildman–Crippen LogP) is 2.54. The molecule has 1 saturated carbocycles. The molecule has 0 radical (unpaired) electrons. The van der Waals surface area contributed by atoms with Crippen molar-refractivity contribution in [1.29, 1.82) is 0 Å². The van der Waals surface area contributed by atoms with Gasteiger partial charge in [-0.2, -0.15) is 0 Å². The van der Waals surface area contributed by atoms with E-state index in [1.54, 1.807) is 6.07 Å². The molecule has 5 nitrogen and oxygen atoms in total. The second-order valence-electron chi connectivity index (χ2n) is 5.65. The number of rotatable bonds is 3. The molecule has 1 aliphatic carbocycles. The fourth-order valence-corrected chi connectivity index (χ4v) is 3.01. The molecule has 5 heteroatoms. The van der Waals surface area contributed by atoms with Crippen LogP contribution in [0.3, 0.4) is 0 Å². The smallest absolute Gasteiger partial charge is 0.306 e. The highest BCUT2D eigenvalue weighted by Crippen LogP contribution is 2.25. The van der Waals surface area contributed by atoms with Gasteiger partial charge < -0.3 is 15.4 Å². The molecule has 1 aliphatic rings. The number of hydrogen-bond donors (Lipinski definition) is 3. The average molecular weight is 286 g/mol. The SMILES string of the molecule is O=C(NC1CCCC(C(=O)O)C1)c1ccc2[nH]ccc2c1. The molecule has 1 aromatic heterocycles. The Morgan fingerprint density at radius 1 is 1.24 bits per heavy atom. The average Bonchev–Trinajstić information content (AvgIpc) is 2.94. The van der Waals surface area contributed by atoms with Gasteiger partial charge in [-0.05, 0) is 43.5 Å². The standard InChI is InChI=1S/C16H18N2O3/c19-15(11-4-5-14-10(8-11)6-7-17-14)18-13-3-1-2-12(9-13)16(20)21/h4-8,12-13,17H,1-3,9H2,(H,18,19)(H,20,21). The maximum absolute atomic E-state index is 12.3. The molecule has 3 N–H and O–H groups in total. The molecule has 0 spiro atoms. The van der Waals surface area contributed by atoms with Crippen LogP contribution < -0.4 is 5.32 Å². The Morgan fingerprint density at radius 2 is 2.10 bits per heavy atom. The van der Waals surface area contributed by atoms with Crippen LogP contribution in [0.25, 0.3) is 10.9 Å². The third-order valence-corrected chi connectivity index (χ3v) is 4.17. The first-order valence-electron chi connectivity index (χ1n) is 7.24. The Morgan fingerprint density at radius 3 is 2.90 bits per heavy atom. The minimum absolute atomic E-state index is 0.0470. The van der Waals surface area contributed by atoms with E-state index in [-0.39, 0.29) is 17.9 Å². The lowest BCUT2D eigenvalue weighted by Crippen LogP contribution is -2.39. The zero-order valence-corrected chi connectivity index (χ0v) is 11.6. The van der Waals surface area contributed by atoms with E-state index in [0.717, 1.165) is 23.7 Å². The van der Waals surface area contributed by atoms with E-state index in [4.69, 9.17) is 5.11 Å². The Bertz CT molecular complexity index is 677. The highest BCUT2D eigenvalue weighted by atomic mass is 16.4. The third kappa shape index (κ3) is 2.91. The topological polar surface area (TPSA) is 82.2 Å². The molecule has 0 saturated heterocycles. The van der Waals surface area contributed by atoms with E-state index >= 15 is 0 Å². The molecule has 21 heavy (non-hydrogen) atoms. The van der Waals surface area contributed by atoms with Gasteiger partial charge >= 0.3 is 5.97 Å². The van der Waals surface area contributed by atoms with Crippen LogP contribution in [0.4, 0.5) is 0 Å². The monoisotopic (exact) mass is 286 g/mol. The van der Waals surface area contributed by atoms with Crippen molar-refractivity contribution in [2.75, 3.05) is 0 Å². The van der Waals surface area contributed by atoms with Crippen LogP contribution in [0.5, 0.6) is 0 Å². The molecule has 1 heterocycles. The van der Waals surface area contributed by atoms with E-state index in [2.05, 4.69) is 10.3 Å². The molecule has 1 amide bonds. The van der Waals surface area contributed by atoms with Gasteiger partial charge in [0.05, 0.1) is 5.92 Å². The summed E-state index contributed by atoms with van der Waals surface area (Å²) in [7, 11) is 0. The zero-order chi connectivity index (χ0) is 14.8. The number of nitrogens with one attached hydrogen (secondary N) is 2. The highest BCUT2D eigenvalue weighted by molar-refractivity contribution is 5.98. The van der Waals surface area contributed by atoms with Crippen LogP contribution >= 0.6 is 0 Å². The number of carbonyl (C=O) groups excluding carboxylic acids is 1. The maximum Gasteiger partial charge on any atom is 0.306 e. The molecule has 110 valence electrons. The number of carboxylic acids is 1. The summed E-state index contributed by atoms with van der Waals surface area (Å²) in [6, 6.07) is 7.39. The van der Waals surface area contributed by atoms with Crippen molar-refractivity contribution in [3.05, 3.63) is 36.0 Å². The van der Waals surface area contributed by atoms with Crippen molar-refractivity contribution in [2.45, 2.75) is 31.7 Å². The summed E-state index contributed by atoms with van der Waals surface area (Å²) in [5, 5.41) is 13.0. The minimum Gasteiger partial charge on any atom is -0.481 e. The molecule has 2 atom stereocenters. The Hall–Kier alpha value is -2.30. The number of carbonyl (C=O) groups is 2. The second kappa shape index (κ2) is 5.60. The molecule has 0 aliphatic heterocycles. The summed E-state index contributed by atoms with van der Waals surface area (Å²) in [5.74, 6) is -1.23. The number of fused-ring (bicyclic) bond motifs is 1. The summed E-state index contributed by atoms with van der Waals surface area (Å²) in [6.45, 7) is 0. The van der Waals surface area contributed by atoms with E-state index in [1.807, 2.05) is 24.4 Å². The largest absolute Gasteiger partial charge is 0.481 e. The molecule has 1 fully saturated rings. The van der Waals surface area contributed by atoms with Gasteiger partial charge in [0.1, 0.15) is 0 Å². The third-order valence-electron chi connectivity index (χ3n) is 4.17. The van der Waals surface area contributed by atoms with Gasteiger partial charge in [-0.15, -0.1) is 0 Å². The molecule has 1 aromatic carbocycles. The molecule has 2 unspecified atom stereocenters. The first kappa shape index (κ1) is 13.7. The number of aromatic nitrogens is 1. The van der Waals surface area contributed by atoms with Crippen LogP contribution in [-0.4, -0.2) is 28.0 Å². The van der Waals surface area contributed by atoms with E-state index in [9.17, 15) is 9.59 Å². The first-order valence-corrected chi connectivity index (χ1v) is 7.24. The fraction of sp³-hybridized carbons (Fsp3) is 0.375. The van der Waals surface area contributed by atoms with Gasteiger partial charge in [-0.25, -0.2) is 0 Å². The quantitative estimate of drug-likeness (QED) is 0.811. The van der Waals surface area contributed by atoms with Crippen LogP contribution in [0.2, 0.25) is 0 Å². The number of aromatic amines is 1. The van der Waals surface area contributed by atoms with Gasteiger partial charge in [-0.3, -0.25) is 9.59 Å².